The van der Waals surface area contributed by atoms with Crippen molar-refractivity contribution in [3.05, 3.63) is 58.6 Å². The maximum Gasteiger partial charge on any atom is 0.321 e. The summed E-state index contributed by atoms with van der Waals surface area (Å²) in [5.41, 5.74) is 0. The lowest BCUT2D eigenvalue weighted by atomic mass is 10.1. The summed E-state index contributed by atoms with van der Waals surface area (Å²) >= 11 is 11.7. The number of hydrogen-bond donors (Lipinski definition) is 2. The number of fused-ring (bicyclic) bond motifs is 1. The number of amides is 1. The molecule has 33 heavy (non-hydrogen) atoms. The van der Waals surface area contributed by atoms with E-state index in [1.807, 2.05) is 4.90 Å². The van der Waals surface area contributed by atoms with Gasteiger partial charge >= 0.3 is 5.97 Å². The van der Waals surface area contributed by atoms with Crippen LogP contribution in [0, 0.1) is 11.8 Å². The van der Waals surface area contributed by atoms with E-state index in [1.54, 1.807) is 48.5 Å². The van der Waals surface area contributed by atoms with Gasteiger partial charge in [-0.1, -0.05) is 23.2 Å². The number of carbonyl (C=O) groups is 2. The van der Waals surface area contributed by atoms with E-state index in [9.17, 15) is 14.7 Å². The Balaban J connectivity index is 0.00000306. The van der Waals surface area contributed by atoms with Crippen molar-refractivity contribution in [3.63, 3.8) is 0 Å². The van der Waals surface area contributed by atoms with E-state index in [0.717, 1.165) is 0 Å². The SMILES string of the molecule is Cl.O=C(COc1ccc(Cl)cc1)NC1[C@H]2CN(C(CCOc3ccc(Cl)cc3)C(=O)O)C[C@@H]12. The normalized spacial score (nSPS) is 21.9. The van der Waals surface area contributed by atoms with Crippen LogP contribution in [0.15, 0.2) is 48.5 Å². The Kier molecular flexibility index (Phi) is 8.70. The second-order valence-corrected chi connectivity index (χ2v) is 8.94. The standard InChI is InChI=1S/C23H24Cl2N2O5.ClH/c24-14-1-5-16(6-2-14)31-10-9-20(23(29)30)27-11-18-19(12-27)22(18)26-21(28)13-32-17-7-3-15(25)4-8-17;/h1-8,18-20,22H,9-13H2,(H,26,28)(H,29,30);1H/t18-,19+,20?,22?;. The van der Waals surface area contributed by atoms with Crippen molar-refractivity contribution in [2.45, 2.75) is 18.5 Å². The van der Waals surface area contributed by atoms with Crippen LogP contribution in [0.2, 0.25) is 10.0 Å². The predicted molar refractivity (Wildman–Crippen MR) is 128 cm³/mol. The second-order valence-electron chi connectivity index (χ2n) is 8.06. The smallest absolute Gasteiger partial charge is 0.321 e. The fourth-order valence-electron chi connectivity index (χ4n) is 4.22. The maximum atomic E-state index is 12.2. The van der Waals surface area contributed by atoms with E-state index in [0.29, 0.717) is 47.7 Å². The highest BCUT2D eigenvalue weighted by molar-refractivity contribution is 6.30. The zero-order valence-electron chi connectivity index (χ0n) is 17.7. The number of carboxylic acid groups (broad SMARTS) is 1. The van der Waals surface area contributed by atoms with Gasteiger partial charge in [-0.2, -0.15) is 0 Å². The number of carbonyl (C=O) groups excluding carboxylic acids is 1. The minimum Gasteiger partial charge on any atom is -0.494 e. The molecule has 0 radical (unpaired) electrons. The minimum atomic E-state index is -0.858. The monoisotopic (exact) mass is 514 g/mol. The maximum absolute atomic E-state index is 12.2. The van der Waals surface area contributed by atoms with E-state index < -0.39 is 12.0 Å². The third-order valence-corrected chi connectivity index (χ3v) is 6.44. The van der Waals surface area contributed by atoms with Crippen molar-refractivity contribution in [1.29, 1.82) is 0 Å². The largest absolute Gasteiger partial charge is 0.494 e. The summed E-state index contributed by atoms with van der Waals surface area (Å²) < 4.78 is 11.1. The zero-order chi connectivity index (χ0) is 22.7. The van der Waals surface area contributed by atoms with Gasteiger partial charge in [0.25, 0.3) is 5.91 Å². The number of aliphatic carboxylic acids is 1. The highest BCUT2D eigenvalue weighted by Crippen LogP contribution is 2.46. The van der Waals surface area contributed by atoms with Crippen LogP contribution in [0.5, 0.6) is 11.5 Å². The molecule has 10 heteroatoms. The summed E-state index contributed by atoms with van der Waals surface area (Å²) in [5, 5.41) is 13.9. The molecule has 2 N–H and O–H groups in total. The topological polar surface area (TPSA) is 88.1 Å². The van der Waals surface area contributed by atoms with Gasteiger partial charge in [0.1, 0.15) is 17.5 Å². The first-order valence-electron chi connectivity index (χ1n) is 10.4. The Morgan fingerprint density at radius 3 is 2.00 bits per heavy atom. The molecule has 2 aliphatic rings. The third kappa shape index (κ3) is 6.67. The molecule has 1 aliphatic carbocycles. The van der Waals surface area contributed by atoms with Crippen LogP contribution < -0.4 is 14.8 Å². The van der Waals surface area contributed by atoms with Gasteiger partial charge in [-0.25, -0.2) is 0 Å². The van der Waals surface area contributed by atoms with Crippen molar-refractivity contribution < 1.29 is 24.2 Å². The molecule has 2 aromatic carbocycles. The van der Waals surface area contributed by atoms with Crippen molar-refractivity contribution in [2.24, 2.45) is 11.8 Å². The lowest BCUT2D eigenvalue weighted by Crippen LogP contribution is -2.44. The Morgan fingerprint density at radius 1 is 0.970 bits per heavy atom. The highest BCUT2D eigenvalue weighted by atomic mass is 35.5. The molecule has 2 unspecified atom stereocenters. The molecule has 2 fully saturated rings. The van der Waals surface area contributed by atoms with E-state index in [-0.39, 0.29) is 42.8 Å². The van der Waals surface area contributed by atoms with Crippen LogP contribution >= 0.6 is 35.6 Å². The molecule has 4 rings (SSSR count). The fraction of sp³-hybridized carbons (Fsp3) is 0.391. The molecule has 1 aliphatic heterocycles. The van der Waals surface area contributed by atoms with Gasteiger partial charge in [0.05, 0.1) is 6.61 Å². The first-order chi connectivity index (χ1) is 15.4. The Morgan fingerprint density at radius 2 is 1.48 bits per heavy atom. The van der Waals surface area contributed by atoms with Gasteiger partial charge in [-0.3, -0.25) is 14.5 Å². The van der Waals surface area contributed by atoms with Gasteiger partial charge in [0, 0.05) is 35.6 Å². The molecule has 0 bridgehead atoms. The third-order valence-electron chi connectivity index (χ3n) is 5.93. The molecular formula is C23H25Cl3N2O5. The van der Waals surface area contributed by atoms with Gasteiger partial charge in [-0.05, 0) is 60.4 Å². The average Bonchev–Trinajstić information content (AvgIpc) is 3.19. The Hall–Kier alpha value is -2.19. The highest BCUT2D eigenvalue weighted by Gasteiger charge is 2.57. The van der Waals surface area contributed by atoms with E-state index in [4.69, 9.17) is 32.7 Å². The van der Waals surface area contributed by atoms with Crippen molar-refractivity contribution in [1.82, 2.24) is 10.2 Å². The zero-order valence-corrected chi connectivity index (χ0v) is 20.0. The van der Waals surface area contributed by atoms with Crippen molar-refractivity contribution >= 4 is 47.5 Å². The van der Waals surface area contributed by atoms with E-state index >= 15 is 0 Å². The van der Waals surface area contributed by atoms with Gasteiger partial charge in [-0.15, -0.1) is 12.4 Å². The lowest BCUT2D eigenvalue weighted by molar-refractivity contribution is -0.143. The van der Waals surface area contributed by atoms with Crippen LogP contribution in [0.3, 0.4) is 0 Å². The molecule has 7 nitrogen and oxygen atoms in total. The minimum absolute atomic E-state index is 0. The fourth-order valence-corrected chi connectivity index (χ4v) is 4.47. The molecule has 1 saturated heterocycles. The van der Waals surface area contributed by atoms with Gasteiger partial charge in [0.15, 0.2) is 6.61 Å². The Labute approximate surface area is 208 Å². The molecule has 1 heterocycles. The van der Waals surface area contributed by atoms with Crippen LogP contribution in [0.25, 0.3) is 0 Å². The second kappa shape index (κ2) is 11.3. The van der Waals surface area contributed by atoms with Crippen molar-refractivity contribution in [2.75, 3.05) is 26.3 Å². The number of piperidine rings is 1. The molecule has 0 aromatic heterocycles. The molecule has 1 saturated carbocycles. The summed E-state index contributed by atoms with van der Waals surface area (Å²) in [7, 11) is 0. The first-order valence-corrected chi connectivity index (χ1v) is 11.2. The van der Waals surface area contributed by atoms with Crippen LogP contribution in [0.4, 0.5) is 0 Å². The van der Waals surface area contributed by atoms with Crippen LogP contribution in [-0.4, -0.2) is 60.3 Å². The lowest BCUT2D eigenvalue weighted by Gasteiger charge is -2.26. The Bertz CT molecular complexity index is 946. The molecule has 1 amide bonds. The summed E-state index contributed by atoms with van der Waals surface area (Å²) in [6, 6.07) is 13.3. The number of nitrogens with one attached hydrogen (secondary N) is 1. The van der Waals surface area contributed by atoms with Crippen molar-refractivity contribution in [3.8, 4) is 11.5 Å². The summed E-state index contributed by atoms with van der Waals surface area (Å²) in [6.45, 7) is 1.52. The number of benzene rings is 2. The molecule has 4 atom stereocenters. The van der Waals surface area contributed by atoms with Gasteiger partial charge in [0.2, 0.25) is 0 Å². The van der Waals surface area contributed by atoms with E-state index in [1.165, 1.54) is 0 Å². The predicted octanol–water partition coefficient (Wildman–Crippen LogP) is 3.76. The number of rotatable bonds is 10. The average molecular weight is 516 g/mol. The number of ether oxygens (including phenoxy) is 2. The molecule has 2 aromatic rings. The molecule has 178 valence electrons. The quantitative estimate of drug-likeness (QED) is 0.501. The summed E-state index contributed by atoms with van der Waals surface area (Å²) in [5.74, 6) is 0.741. The summed E-state index contributed by atoms with van der Waals surface area (Å²) in [4.78, 5) is 25.9. The molecule has 0 spiro atoms. The van der Waals surface area contributed by atoms with E-state index in [2.05, 4.69) is 5.32 Å². The first kappa shape index (κ1) is 25.4. The number of carboxylic acids is 1. The number of likely N-dealkylation sites (tertiary alicyclic amines) is 1. The number of nitrogens with zero attached hydrogens (tertiary/aromatic N) is 1. The van der Waals surface area contributed by atoms with Crippen LogP contribution in [-0.2, 0) is 9.59 Å². The summed E-state index contributed by atoms with van der Waals surface area (Å²) in [6.07, 6.45) is 0.378. The number of halogens is 3. The van der Waals surface area contributed by atoms with Gasteiger partial charge < -0.3 is 19.9 Å². The van der Waals surface area contributed by atoms with Crippen LogP contribution in [0.1, 0.15) is 6.42 Å². The molecular weight excluding hydrogens is 491 g/mol. The number of hydrogen-bond acceptors (Lipinski definition) is 5.